The third kappa shape index (κ3) is 1.44. The number of benzene rings is 1. The highest BCUT2D eigenvalue weighted by Gasteiger charge is 2.11. The van der Waals surface area contributed by atoms with Gasteiger partial charge in [0.1, 0.15) is 11.6 Å². The van der Waals surface area contributed by atoms with E-state index in [9.17, 15) is 0 Å². The Hall–Kier alpha value is -2.43. The monoisotopic (exact) mass is 242 g/mol. The molecule has 3 aromatic rings. The van der Waals surface area contributed by atoms with E-state index in [0.717, 1.165) is 27.8 Å². The minimum atomic E-state index is 0.561. The Morgan fingerprint density at radius 1 is 1.39 bits per heavy atom. The Balaban J connectivity index is 2.31. The Bertz CT molecular complexity index is 711. The van der Waals surface area contributed by atoms with Crippen molar-refractivity contribution < 1.29 is 4.74 Å². The summed E-state index contributed by atoms with van der Waals surface area (Å²) in [5.41, 5.74) is 8.84. The van der Waals surface area contributed by atoms with Crippen molar-refractivity contribution >= 4 is 16.7 Å². The number of H-pyrrole nitrogens is 1. The van der Waals surface area contributed by atoms with Crippen LogP contribution in [0, 0.1) is 0 Å². The van der Waals surface area contributed by atoms with E-state index >= 15 is 0 Å². The third-order valence-corrected chi connectivity index (χ3v) is 3.16. The highest BCUT2D eigenvalue weighted by molar-refractivity contribution is 5.92. The van der Waals surface area contributed by atoms with Gasteiger partial charge >= 0.3 is 0 Å². The molecule has 5 heteroatoms. The summed E-state index contributed by atoms with van der Waals surface area (Å²) in [6, 6.07) is 6.10. The number of rotatable bonds is 2. The molecule has 0 unspecified atom stereocenters. The quantitative estimate of drug-likeness (QED) is 0.723. The average Bonchev–Trinajstić information content (AvgIpc) is 2.95. The molecular weight excluding hydrogens is 228 g/mol. The molecule has 5 nitrogen and oxygen atoms in total. The van der Waals surface area contributed by atoms with Crippen LogP contribution in [0.2, 0.25) is 0 Å². The number of anilines is 1. The molecule has 0 saturated carbocycles. The molecule has 1 aromatic carbocycles. The molecule has 0 saturated heterocycles. The van der Waals surface area contributed by atoms with Crippen molar-refractivity contribution in [3.8, 4) is 16.9 Å². The summed E-state index contributed by atoms with van der Waals surface area (Å²) in [7, 11) is 3.68. The zero-order chi connectivity index (χ0) is 12.7. The van der Waals surface area contributed by atoms with Crippen LogP contribution >= 0.6 is 0 Å². The molecule has 0 spiro atoms. The third-order valence-electron chi connectivity index (χ3n) is 3.16. The van der Waals surface area contributed by atoms with E-state index in [4.69, 9.17) is 10.5 Å². The zero-order valence-electron chi connectivity index (χ0n) is 10.3. The van der Waals surface area contributed by atoms with Gasteiger partial charge in [0.25, 0.3) is 0 Å². The lowest BCUT2D eigenvalue weighted by Crippen LogP contribution is -1.91. The first-order chi connectivity index (χ1) is 8.70. The van der Waals surface area contributed by atoms with E-state index in [-0.39, 0.29) is 0 Å². The molecule has 0 aliphatic rings. The van der Waals surface area contributed by atoms with Crippen LogP contribution in [0.25, 0.3) is 22.0 Å². The van der Waals surface area contributed by atoms with E-state index in [0.29, 0.717) is 5.82 Å². The van der Waals surface area contributed by atoms with Gasteiger partial charge in [-0.2, -0.15) is 5.10 Å². The average molecular weight is 242 g/mol. The van der Waals surface area contributed by atoms with Crippen LogP contribution in [0.15, 0.2) is 30.6 Å². The van der Waals surface area contributed by atoms with E-state index in [1.807, 2.05) is 25.4 Å². The smallest absolute Gasteiger partial charge is 0.128 e. The van der Waals surface area contributed by atoms with Crippen molar-refractivity contribution in [3.05, 3.63) is 30.6 Å². The maximum atomic E-state index is 5.86. The lowest BCUT2D eigenvalue weighted by Gasteiger charge is -2.07. The second-order valence-electron chi connectivity index (χ2n) is 4.24. The molecule has 0 aliphatic carbocycles. The highest BCUT2D eigenvalue weighted by atomic mass is 16.5. The molecule has 0 bridgehead atoms. The first-order valence-corrected chi connectivity index (χ1v) is 5.63. The van der Waals surface area contributed by atoms with E-state index in [1.54, 1.807) is 13.3 Å². The van der Waals surface area contributed by atoms with Gasteiger partial charge in [-0.3, -0.25) is 5.10 Å². The first kappa shape index (κ1) is 10.7. The summed E-state index contributed by atoms with van der Waals surface area (Å²) in [5.74, 6) is 1.40. The number of ether oxygens (including phenoxy) is 1. The molecule has 0 radical (unpaired) electrons. The fourth-order valence-corrected chi connectivity index (χ4v) is 2.19. The Labute approximate surface area is 104 Å². The maximum Gasteiger partial charge on any atom is 0.128 e. The van der Waals surface area contributed by atoms with Crippen LogP contribution in [0.5, 0.6) is 5.75 Å². The molecule has 3 rings (SSSR count). The van der Waals surface area contributed by atoms with Gasteiger partial charge in [0.2, 0.25) is 0 Å². The van der Waals surface area contributed by atoms with Gasteiger partial charge in [0.15, 0.2) is 0 Å². The second kappa shape index (κ2) is 3.80. The van der Waals surface area contributed by atoms with E-state index < -0.39 is 0 Å². The van der Waals surface area contributed by atoms with Crippen LogP contribution < -0.4 is 10.5 Å². The van der Waals surface area contributed by atoms with Crippen molar-refractivity contribution in [1.82, 2.24) is 14.8 Å². The number of hydrogen-bond donors (Lipinski definition) is 2. The highest BCUT2D eigenvalue weighted by Crippen LogP contribution is 2.34. The van der Waals surface area contributed by atoms with Crippen molar-refractivity contribution in [2.75, 3.05) is 12.8 Å². The normalized spacial score (nSPS) is 11.0. The second-order valence-corrected chi connectivity index (χ2v) is 4.24. The number of nitrogens with one attached hydrogen (secondary N) is 1. The van der Waals surface area contributed by atoms with Gasteiger partial charge < -0.3 is 15.0 Å². The number of nitrogens with two attached hydrogens (primary N) is 1. The maximum absolute atomic E-state index is 5.86. The van der Waals surface area contributed by atoms with Gasteiger partial charge in [-0.05, 0) is 23.8 Å². The van der Waals surface area contributed by atoms with Crippen molar-refractivity contribution in [1.29, 1.82) is 0 Å². The Morgan fingerprint density at radius 3 is 2.89 bits per heavy atom. The lowest BCUT2D eigenvalue weighted by atomic mass is 10.1. The largest absolute Gasteiger partial charge is 0.496 e. The van der Waals surface area contributed by atoms with Crippen molar-refractivity contribution in [2.45, 2.75) is 0 Å². The number of aryl methyl sites for hydroxylation is 1. The molecule has 92 valence electrons. The van der Waals surface area contributed by atoms with Crippen LogP contribution in [0.1, 0.15) is 0 Å². The van der Waals surface area contributed by atoms with Crippen LogP contribution in [-0.4, -0.2) is 21.9 Å². The van der Waals surface area contributed by atoms with Crippen LogP contribution in [0.3, 0.4) is 0 Å². The van der Waals surface area contributed by atoms with Crippen LogP contribution in [0.4, 0.5) is 5.82 Å². The Kier molecular flexibility index (Phi) is 2.26. The van der Waals surface area contributed by atoms with E-state index in [1.165, 1.54) is 0 Å². The van der Waals surface area contributed by atoms with Gasteiger partial charge in [-0.15, -0.1) is 0 Å². The summed E-state index contributed by atoms with van der Waals surface area (Å²) in [5, 5.41) is 7.78. The number of nitrogen functional groups attached to an aromatic ring is 1. The summed E-state index contributed by atoms with van der Waals surface area (Å²) in [4.78, 5) is 0. The molecule has 0 fully saturated rings. The predicted octanol–water partition coefficient (Wildman–Crippen LogP) is 2.16. The SMILES string of the molecule is COc1cc(-c2cn[nH]c2N)cc2c1ccn2C. The molecule has 0 aliphatic heterocycles. The minimum Gasteiger partial charge on any atom is -0.496 e. The van der Waals surface area contributed by atoms with Crippen LogP contribution in [-0.2, 0) is 7.05 Å². The summed E-state index contributed by atoms with van der Waals surface area (Å²) >= 11 is 0. The van der Waals surface area contributed by atoms with Gasteiger partial charge in [-0.1, -0.05) is 0 Å². The lowest BCUT2D eigenvalue weighted by molar-refractivity contribution is 0.420. The summed E-state index contributed by atoms with van der Waals surface area (Å²) in [6.45, 7) is 0. The summed E-state index contributed by atoms with van der Waals surface area (Å²) in [6.07, 6.45) is 3.73. The minimum absolute atomic E-state index is 0.561. The molecule has 0 atom stereocenters. The fraction of sp³-hybridized carbons (Fsp3) is 0.154. The molecule has 3 N–H and O–H groups in total. The molecule has 0 amide bonds. The molecule has 2 aromatic heterocycles. The summed E-state index contributed by atoms with van der Waals surface area (Å²) < 4.78 is 7.49. The number of aromatic amines is 1. The number of methoxy groups -OCH3 is 1. The van der Waals surface area contributed by atoms with Crippen molar-refractivity contribution in [3.63, 3.8) is 0 Å². The number of fused-ring (bicyclic) bond motifs is 1. The van der Waals surface area contributed by atoms with E-state index in [2.05, 4.69) is 20.8 Å². The Morgan fingerprint density at radius 2 is 2.22 bits per heavy atom. The number of hydrogen-bond acceptors (Lipinski definition) is 3. The number of nitrogens with zero attached hydrogens (tertiary/aromatic N) is 2. The predicted molar refractivity (Wildman–Crippen MR) is 71.5 cm³/mol. The standard InChI is InChI=1S/C13H14N4O/c1-17-4-3-9-11(17)5-8(6-12(9)18-2)10-7-15-16-13(10)14/h3-7H,1-2H3,(H3,14,15,16). The van der Waals surface area contributed by atoms with Gasteiger partial charge in [-0.25, -0.2) is 0 Å². The number of aromatic nitrogens is 3. The fourth-order valence-electron chi connectivity index (χ4n) is 2.19. The van der Waals surface area contributed by atoms with Gasteiger partial charge in [0, 0.05) is 24.2 Å². The topological polar surface area (TPSA) is 68.9 Å². The molecule has 18 heavy (non-hydrogen) atoms. The van der Waals surface area contributed by atoms with Gasteiger partial charge in [0.05, 0.1) is 18.8 Å². The zero-order valence-corrected chi connectivity index (χ0v) is 10.3. The van der Waals surface area contributed by atoms with Crippen molar-refractivity contribution in [2.24, 2.45) is 7.05 Å². The molecule has 2 heterocycles. The first-order valence-electron chi connectivity index (χ1n) is 5.63. The molecular formula is C13H14N4O.